The van der Waals surface area contributed by atoms with E-state index in [9.17, 15) is 121 Å². The van der Waals surface area contributed by atoms with Crippen LogP contribution < -0.4 is 164 Å². The Kier molecular flexibility index (Phi) is 63.9. The van der Waals surface area contributed by atoms with Gasteiger partial charge in [0.05, 0.1) is 44.1 Å². The number of primary amides is 3. The summed E-state index contributed by atoms with van der Waals surface area (Å²) in [6.07, 6.45) is -3.50. The summed E-state index contributed by atoms with van der Waals surface area (Å²) in [6, 6.07) is -26.2. The van der Waals surface area contributed by atoms with Gasteiger partial charge in [-0.1, -0.05) is 13.8 Å². The molecule has 0 aliphatic carbocycles. The largest absolute Gasteiger partial charge is 0.394 e. The van der Waals surface area contributed by atoms with E-state index in [-0.39, 0.29) is 185 Å². The van der Waals surface area contributed by atoms with Crippen molar-refractivity contribution in [3.63, 3.8) is 0 Å². The highest BCUT2D eigenvalue weighted by molar-refractivity contribution is 7.98. The van der Waals surface area contributed by atoms with E-state index in [1.807, 2.05) is 0 Å². The van der Waals surface area contributed by atoms with Gasteiger partial charge in [0.1, 0.15) is 96.7 Å². The first-order valence-corrected chi connectivity index (χ1v) is 50.1. The molecule has 1 aliphatic rings. The zero-order valence-electron chi connectivity index (χ0n) is 84.7. The van der Waals surface area contributed by atoms with E-state index in [0.717, 1.165) is 20.8 Å². The average Bonchev–Trinajstić information content (AvgIpc) is 1.74. The van der Waals surface area contributed by atoms with Crippen molar-refractivity contribution in [2.24, 2.45) is 63.3 Å². The Balaban J connectivity index is 3.39. The van der Waals surface area contributed by atoms with E-state index in [1.54, 1.807) is 20.1 Å². The maximum atomic E-state index is 14.4. The Morgan fingerprint density at radius 1 is 0.354 bits per heavy atom. The fourth-order valence-electron chi connectivity index (χ4n) is 14.6. The van der Waals surface area contributed by atoms with Crippen molar-refractivity contribution in [2.75, 3.05) is 77.5 Å². The number of amides is 21. The summed E-state index contributed by atoms with van der Waals surface area (Å²) < 4.78 is 0. The van der Waals surface area contributed by atoms with Gasteiger partial charge >= 0.3 is 0 Å². The minimum Gasteiger partial charge on any atom is -0.394 e. The van der Waals surface area contributed by atoms with Crippen molar-refractivity contribution in [2.45, 2.75) is 317 Å². The smallest absolute Gasteiger partial charge is 0.245 e. The second-order valence-electron chi connectivity index (χ2n) is 35.9. The molecule has 21 amide bonds. The molecule has 1 fully saturated rings. The van der Waals surface area contributed by atoms with Crippen molar-refractivity contribution in [1.29, 1.82) is 16.2 Å². The summed E-state index contributed by atoms with van der Waals surface area (Å²) in [6.45, 7) is 6.97. The lowest BCUT2D eigenvalue weighted by molar-refractivity contribution is -0.142. The number of carbonyl (C=O) groups is 21. The van der Waals surface area contributed by atoms with Crippen LogP contribution in [-0.2, 0) is 101 Å². The first kappa shape index (κ1) is 132. The maximum absolute atomic E-state index is 14.4. The number of likely N-dealkylation sites (tertiary alicyclic amines) is 1. The van der Waals surface area contributed by atoms with Crippen molar-refractivity contribution >= 4 is 154 Å². The van der Waals surface area contributed by atoms with Crippen LogP contribution in [0.15, 0.2) is 0 Å². The Labute approximate surface area is 856 Å². The molecule has 0 radical (unpaired) electrons. The summed E-state index contributed by atoms with van der Waals surface area (Å²) in [5.41, 5.74) is 55.9. The topological polar surface area (TPSA) is 1010 Å². The van der Waals surface area contributed by atoms with Crippen molar-refractivity contribution in [3.8, 4) is 0 Å². The maximum Gasteiger partial charge on any atom is 0.245 e. The van der Waals surface area contributed by atoms with Crippen LogP contribution >= 0.6 is 11.8 Å². The molecule has 1 aliphatic heterocycles. The molecule has 0 aromatic heterocycles. The van der Waals surface area contributed by atoms with E-state index in [0.29, 0.717) is 12.8 Å². The van der Waals surface area contributed by atoms with Gasteiger partial charge in [-0.25, -0.2) is 0 Å². The van der Waals surface area contributed by atoms with Crippen molar-refractivity contribution in [3.05, 3.63) is 0 Å². The molecule has 0 bridgehead atoms. The number of guanidine groups is 3. The SMILES string of the molecule is CSCC[C@H](NC(=O)[C@@H](NC(=O)[C@@H](N)CCCNC(=N)N)[C@@H](C)O)C(=O)N[C@@H](CCC(N)=O)C(=O)N[C@H](C(=O)N[C@@H](C)C(=O)N[C@@H](CCCNC(=N)N)C(=O)N[C@@H](CCCCN)C(=O)N[C@@H](CO)C(=O)N[C@H](C(=O)NCC(=O)NCC(=O)N[C@@H](CCCCN)C(=O)N[C@@H](C)C(=O)N1CCC[C@H]1C(=O)N[C@@H](CCCNC(=N)N)C(=O)N[C@@H](CCCCN)C(=O)N[C@@H](CCC(N)=O)C(=O)N[C@@H](CC(C)C)C(N)=O)[C@@H](C)O)[C@@H](C)O. The second-order valence-corrected chi connectivity index (χ2v) is 36.9. The number of rotatable bonds is 75. The fraction of sp³-hybridized carbons (Fsp3) is 0.724. The Morgan fingerprint density at radius 3 is 1.09 bits per heavy atom. The van der Waals surface area contributed by atoms with Gasteiger partial charge in [0, 0.05) is 39.0 Å². The number of hydrogen-bond acceptors (Lipinski definition) is 33. The van der Waals surface area contributed by atoms with E-state index in [4.69, 9.17) is 73.6 Å². The van der Waals surface area contributed by atoms with Gasteiger partial charge in [0.15, 0.2) is 17.9 Å². The molecule has 1 saturated heterocycles. The van der Waals surface area contributed by atoms with Gasteiger partial charge in [0.25, 0.3) is 0 Å². The Morgan fingerprint density at radius 2 is 0.687 bits per heavy atom. The Hall–Kier alpha value is -13.3. The highest BCUT2D eigenvalue weighted by atomic mass is 32.2. The molecule has 60 heteroatoms. The van der Waals surface area contributed by atoms with E-state index in [1.165, 1.54) is 30.5 Å². The van der Waals surface area contributed by atoms with Gasteiger partial charge in [-0.3, -0.25) is 117 Å². The lowest BCUT2D eigenvalue weighted by Crippen LogP contribution is -2.62. The van der Waals surface area contributed by atoms with Crippen molar-refractivity contribution in [1.82, 2.24) is 111 Å². The minimum atomic E-state index is -1.95. The van der Waals surface area contributed by atoms with E-state index < -0.39 is 290 Å². The minimum absolute atomic E-state index is 0.00689. The molecule has 0 spiro atoms. The standard InChI is InChI=1S/C87H160N34O25S/c1-43(2)39-58(68(94)130)116-76(138)55(26-28-61(92)126)112-72(134)51(21-10-13-32-89)110-74(136)54(24-17-36-103-87(99)100)114-80(142)60-25-18-37-121(60)84(146)45(4)107-71(133)50(20-9-12-31-88)108-64(129)41-104-63(128)40-105-81(143)65(46(5)123)119-79(141)59(42-122)117-75(137)52(22-11-14-33-90)111-73(135)53(23-16-35-102-86(97)98)109-69(131)44(3)106-82(144)66(47(6)124)120-78(140)56(27-29-62(93)127)113-77(139)57(30-38-147-8)115-83(145)67(48(7)125)118-70(132)49(91)19-15-34-101-85(95)96/h43-60,65-67,122-125H,9-42,88-91H2,1-8H3,(H2,92,126)(H2,93,127)(H2,94,130)(H,104,128)(H,105,143)(H,106,144)(H,107,133)(H,108,129)(H,109,131)(H,110,136)(H,111,135)(H,112,134)(H,113,139)(H,114,142)(H,115,145)(H,116,138)(H,117,137)(H,118,132)(H,119,141)(H,120,140)(H4,95,96,101)(H4,97,98,102)(H4,99,100,103)/t44-,45-,46+,47+,48+,49-,50-,51-,52-,53-,54-,55-,56-,57-,58-,59-,60-,65-,66-,67-/m0/s1. The number of carbonyl (C=O) groups excluding carboxylic acids is 21. The van der Waals surface area contributed by atoms with E-state index in [2.05, 4.69) is 106 Å². The normalized spacial score (nSPS) is 16.0. The predicted molar refractivity (Wildman–Crippen MR) is 536 cm³/mol. The molecule has 147 heavy (non-hydrogen) atoms. The van der Waals surface area contributed by atoms with Crippen LogP contribution in [-0.4, -0.2) is 366 Å². The van der Waals surface area contributed by atoms with Gasteiger partial charge in [-0.05, 0) is 207 Å². The monoisotopic (exact) mass is 2110 g/mol. The van der Waals surface area contributed by atoms with Crippen LogP contribution in [0.3, 0.4) is 0 Å². The number of nitrogens with zero attached hydrogens (tertiary/aromatic N) is 1. The number of aliphatic hydroxyl groups excluding tert-OH is 4. The van der Waals surface area contributed by atoms with Gasteiger partial charge in [-0.15, -0.1) is 0 Å². The summed E-state index contributed by atoms with van der Waals surface area (Å²) in [4.78, 5) is 288. The highest BCUT2D eigenvalue weighted by Gasteiger charge is 2.43. The number of unbranched alkanes of at least 4 members (excludes halogenated alkanes) is 3. The predicted octanol–water partition coefficient (Wildman–Crippen LogP) is -15.0. The number of hydrogen-bond donors (Lipinski definition) is 37. The first-order chi connectivity index (χ1) is 69.2. The fourth-order valence-corrected chi connectivity index (χ4v) is 15.1. The number of nitrogens with one attached hydrogen (secondary N) is 23. The lowest BCUT2D eigenvalue weighted by Gasteiger charge is -2.30. The third-order valence-corrected chi connectivity index (χ3v) is 23.4. The van der Waals surface area contributed by atoms with E-state index >= 15 is 0 Å². The first-order valence-electron chi connectivity index (χ1n) is 48.7. The van der Waals surface area contributed by atoms with Crippen LogP contribution in [0.25, 0.3) is 0 Å². The molecule has 47 N–H and O–H groups in total. The molecule has 834 valence electrons. The highest BCUT2D eigenvalue weighted by Crippen LogP contribution is 2.21. The summed E-state index contributed by atoms with van der Waals surface area (Å²) in [5.74, 6) is -22.0. The lowest BCUT2D eigenvalue weighted by atomic mass is 10.0. The van der Waals surface area contributed by atoms with Crippen molar-refractivity contribution < 1.29 is 121 Å². The molecule has 0 aromatic carbocycles. The average molecular weight is 2110 g/mol. The van der Waals surface area contributed by atoms with Crippen LogP contribution in [0.2, 0.25) is 0 Å². The molecule has 1 rings (SSSR count). The van der Waals surface area contributed by atoms with Gasteiger partial charge < -0.3 is 189 Å². The molecule has 59 nitrogen and oxygen atoms in total. The van der Waals surface area contributed by atoms with Crippen LogP contribution in [0, 0.1) is 22.1 Å². The summed E-state index contributed by atoms with van der Waals surface area (Å²) >= 11 is 1.25. The number of nitrogens with two attached hydrogens (primary N) is 10. The summed E-state index contributed by atoms with van der Waals surface area (Å²) in [7, 11) is 0. The zero-order chi connectivity index (χ0) is 111. The van der Waals surface area contributed by atoms with Gasteiger partial charge in [-0.2, -0.15) is 11.8 Å². The molecule has 0 unspecified atom stereocenters. The Bertz CT molecular complexity index is 4370. The molecule has 0 aromatic rings. The quantitative estimate of drug-likeness (QED) is 0.0153. The number of thioether (sulfide) groups is 1. The third kappa shape index (κ3) is 53.1. The zero-order valence-corrected chi connectivity index (χ0v) is 85.5. The molecular weight excluding hydrogens is 1950 g/mol. The molecule has 20 atom stereocenters. The molecule has 0 saturated carbocycles. The van der Waals surface area contributed by atoms with Crippen LogP contribution in [0.1, 0.15) is 196 Å². The number of aliphatic hydroxyl groups is 4. The third-order valence-electron chi connectivity index (χ3n) is 22.8. The second kappa shape index (κ2) is 71.3. The molecule has 1 heterocycles. The van der Waals surface area contributed by atoms with Gasteiger partial charge in [0.2, 0.25) is 124 Å². The molecular formula is C87H160N34O25S. The van der Waals surface area contributed by atoms with Crippen LogP contribution in [0.5, 0.6) is 0 Å². The van der Waals surface area contributed by atoms with Crippen LogP contribution in [0.4, 0.5) is 0 Å². The summed E-state index contributed by atoms with van der Waals surface area (Å²) in [5, 5.41) is 114.